The van der Waals surface area contributed by atoms with Crippen LogP contribution in [0.4, 0.5) is 0 Å². The van der Waals surface area contributed by atoms with Gasteiger partial charge in [0.25, 0.3) is 0 Å². The van der Waals surface area contributed by atoms with E-state index in [0.717, 1.165) is 0 Å². The van der Waals surface area contributed by atoms with E-state index in [2.05, 4.69) is 4.65 Å². The first-order valence-corrected chi connectivity index (χ1v) is 3.98. The lowest BCUT2D eigenvalue weighted by Crippen LogP contribution is -2.21. The SMILES string of the molecule is COc1cc(C(=O)O)ccc1OB(O)O. The number of aromatic carboxylic acids is 1. The van der Waals surface area contributed by atoms with Crippen LogP contribution in [-0.2, 0) is 0 Å². The fourth-order valence-corrected chi connectivity index (χ4v) is 1.01. The van der Waals surface area contributed by atoms with Crippen molar-refractivity contribution in [1.29, 1.82) is 0 Å². The lowest BCUT2D eigenvalue weighted by molar-refractivity contribution is 0.0696. The number of carboxylic acids is 1. The van der Waals surface area contributed by atoms with Gasteiger partial charge in [0, 0.05) is 0 Å². The average Bonchev–Trinajstić information content (AvgIpc) is 2.17. The van der Waals surface area contributed by atoms with Gasteiger partial charge in [-0.25, -0.2) is 4.79 Å². The topological polar surface area (TPSA) is 96.2 Å². The Morgan fingerprint density at radius 1 is 1.33 bits per heavy atom. The summed E-state index contributed by atoms with van der Waals surface area (Å²) in [5.41, 5.74) is 0.0200. The van der Waals surface area contributed by atoms with E-state index < -0.39 is 13.3 Å². The first-order valence-electron chi connectivity index (χ1n) is 3.98. The van der Waals surface area contributed by atoms with Crippen LogP contribution < -0.4 is 9.39 Å². The molecule has 80 valence electrons. The highest BCUT2D eigenvalue weighted by Gasteiger charge is 2.16. The van der Waals surface area contributed by atoms with Gasteiger partial charge in [0.15, 0.2) is 5.75 Å². The molecule has 0 amide bonds. The lowest BCUT2D eigenvalue weighted by atomic mass is 10.2. The van der Waals surface area contributed by atoms with Gasteiger partial charge in [0.1, 0.15) is 5.75 Å². The van der Waals surface area contributed by atoms with Gasteiger partial charge in [-0.15, -0.1) is 0 Å². The monoisotopic (exact) mass is 212 g/mol. The van der Waals surface area contributed by atoms with Gasteiger partial charge in [-0.1, -0.05) is 0 Å². The Hall–Kier alpha value is -1.73. The minimum atomic E-state index is -1.98. The highest BCUT2D eigenvalue weighted by Crippen LogP contribution is 2.28. The van der Waals surface area contributed by atoms with E-state index in [9.17, 15) is 4.79 Å². The summed E-state index contributed by atoms with van der Waals surface area (Å²) in [4.78, 5) is 10.6. The summed E-state index contributed by atoms with van der Waals surface area (Å²) in [6.07, 6.45) is 0. The Labute approximate surface area is 85.9 Å². The maximum atomic E-state index is 10.6. The largest absolute Gasteiger partial charge is 0.707 e. The summed E-state index contributed by atoms with van der Waals surface area (Å²) >= 11 is 0. The van der Waals surface area contributed by atoms with Crippen LogP contribution in [0.5, 0.6) is 11.5 Å². The van der Waals surface area contributed by atoms with E-state index in [-0.39, 0.29) is 17.1 Å². The lowest BCUT2D eigenvalue weighted by Gasteiger charge is -2.10. The number of carboxylic acid groups (broad SMARTS) is 1. The zero-order valence-corrected chi connectivity index (χ0v) is 7.88. The van der Waals surface area contributed by atoms with Gasteiger partial charge in [-0.3, -0.25) is 0 Å². The number of carbonyl (C=O) groups is 1. The van der Waals surface area contributed by atoms with E-state index in [4.69, 9.17) is 19.9 Å². The van der Waals surface area contributed by atoms with E-state index in [1.165, 1.54) is 25.3 Å². The number of hydrogen-bond donors (Lipinski definition) is 3. The van der Waals surface area contributed by atoms with Gasteiger partial charge < -0.3 is 24.5 Å². The molecular formula is C8H9BO6. The van der Waals surface area contributed by atoms with Crippen molar-refractivity contribution < 1.29 is 29.3 Å². The molecule has 0 aliphatic rings. The minimum absolute atomic E-state index is 0.0200. The van der Waals surface area contributed by atoms with Crippen molar-refractivity contribution in [2.45, 2.75) is 0 Å². The summed E-state index contributed by atoms with van der Waals surface area (Å²) in [6, 6.07) is 3.77. The Kier molecular flexibility index (Phi) is 3.54. The van der Waals surface area contributed by atoms with Crippen molar-refractivity contribution in [1.82, 2.24) is 0 Å². The minimum Gasteiger partial charge on any atom is -0.509 e. The molecule has 1 rings (SSSR count). The second-order valence-electron chi connectivity index (χ2n) is 2.61. The van der Waals surface area contributed by atoms with Crippen LogP contribution in [0.2, 0.25) is 0 Å². The van der Waals surface area contributed by atoms with Crippen LogP contribution in [0, 0.1) is 0 Å². The van der Waals surface area contributed by atoms with Crippen LogP contribution in [0.1, 0.15) is 10.4 Å². The third-order valence-electron chi connectivity index (χ3n) is 1.64. The molecule has 0 saturated carbocycles. The molecule has 7 heteroatoms. The third kappa shape index (κ3) is 2.86. The molecule has 0 aliphatic heterocycles. The molecule has 15 heavy (non-hydrogen) atoms. The number of benzene rings is 1. The predicted molar refractivity (Wildman–Crippen MR) is 50.8 cm³/mol. The molecule has 0 spiro atoms. The smallest absolute Gasteiger partial charge is 0.509 e. The predicted octanol–water partition coefficient (Wildman–Crippen LogP) is -0.258. The quantitative estimate of drug-likeness (QED) is 0.595. The van der Waals surface area contributed by atoms with Gasteiger partial charge in [-0.05, 0) is 18.2 Å². The highest BCUT2D eigenvalue weighted by atomic mass is 16.6. The fraction of sp³-hybridized carbons (Fsp3) is 0.125. The fourth-order valence-electron chi connectivity index (χ4n) is 1.01. The first kappa shape index (κ1) is 11.4. The van der Waals surface area contributed by atoms with Crippen molar-refractivity contribution in [2.24, 2.45) is 0 Å². The molecular weight excluding hydrogens is 203 g/mol. The molecule has 0 heterocycles. The van der Waals surface area contributed by atoms with Gasteiger partial charge in [0.2, 0.25) is 0 Å². The molecule has 3 N–H and O–H groups in total. The van der Waals surface area contributed by atoms with E-state index in [1.807, 2.05) is 0 Å². The first-order chi connectivity index (χ1) is 7.04. The Morgan fingerprint density at radius 2 is 2.00 bits per heavy atom. The highest BCUT2D eigenvalue weighted by molar-refractivity contribution is 6.33. The van der Waals surface area contributed by atoms with E-state index in [1.54, 1.807) is 0 Å². The third-order valence-corrected chi connectivity index (χ3v) is 1.64. The molecule has 0 fully saturated rings. The molecule has 0 saturated heterocycles. The number of ether oxygens (including phenoxy) is 1. The zero-order chi connectivity index (χ0) is 11.4. The number of methoxy groups -OCH3 is 1. The molecule has 0 radical (unpaired) electrons. The molecule has 0 aliphatic carbocycles. The van der Waals surface area contributed by atoms with E-state index >= 15 is 0 Å². The summed E-state index contributed by atoms with van der Waals surface area (Å²) in [5.74, 6) is -0.940. The second-order valence-corrected chi connectivity index (χ2v) is 2.61. The second kappa shape index (κ2) is 4.67. The summed E-state index contributed by atoms with van der Waals surface area (Å²) in [7, 11) is -0.660. The molecule has 6 nitrogen and oxygen atoms in total. The van der Waals surface area contributed by atoms with Crippen LogP contribution in [0.3, 0.4) is 0 Å². The number of hydrogen-bond acceptors (Lipinski definition) is 5. The molecule has 0 unspecified atom stereocenters. The Balaban J connectivity index is 3.03. The summed E-state index contributed by atoms with van der Waals surface area (Å²) in [5, 5.41) is 25.8. The van der Waals surface area contributed by atoms with Crippen molar-refractivity contribution in [3.63, 3.8) is 0 Å². The van der Waals surface area contributed by atoms with Gasteiger partial charge in [-0.2, -0.15) is 0 Å². The van der Waals surface area contributed by atoms with Crippen LogP contribution in [0.15, 0.2) is 18.2 Å². The van der Waals surface area contributed by atoms with Crippen LogP contribution >= 0.6 is 0 Å². The molecule has 0 atom stereocenters. The van der Waals surface area contributed by atoms with Crippen molar-refractivity contribution in [2.75, 3.05) is 7.11 Å². The Morgan fingerprint density at radius 3 is 2.47 bits per heavy atom. The molecule has 0 aromatic heterocycles. The summed E-state index contributed by atoms with van der Waals surface area (Å²) < 4.78 is 9.39. The van der Waals surface area contributed by atoms with Crippen molar-refractivity contribution in [3.8, 4) is 11.5 Å². The van der Waals surface area contributed by atoms with Gasteiger partial charge in [0.05, 0.1) is 12.7 Å². The maximum Gasteiger partial charge on any atom is 0.707 e. The number of rotatable bonds is 4. The molecule has 0 bridgehead atoms. The molecule has 1 aromatic carbocycles. The zero-order valence-electron chi connectivity index (χ0n) is 7.88. The van der Waals surface area contributed by atoms with Crippen LogP contribution in [-0.4, -0.2) is 35.6 Å². The Bertz CT molecular complexity index is 364. The standard InChI is InChI=1S/C8H9BO6/c1-14-7-4-5(8(10)11)2-3-6(7)15-9(12)13/h2-4,12-13H,1H3,(H,10,11). The van der Waals surface area contributed by atoms with E-state index in [0.29, 0.717) is 0 Å². The normalized spacial score (nSPS) is 9.53. The van der Waals surface area contributed by atoms with Crippen molar-refractivity contribution in [3.05, 3.63) is 23.8 Å². The maximum absolute atomic E-state index is 10.6. The molecule has 1 aromatic rings. The van der Waals surface area contributed by atoms with Gasteiger partial charge >= 0.3 is 13.3 Å². The van der Waals surface area contributed by atoms with Crippen LogP contribution in [0.25, 0.3) is 0 Å². The summed E-state index contributed by atoms with van der Waals surface area (Å²) in [6.45, 7) is 0. The van der Waals surface area contributed by atoms with Crippen molar-refractivity contribution >= 4 is 13.3 Å². The average molecular weight is 212 g/mol.